The number of amidine groups is 1. The van der Waals surface area contributed by atoms with E-state index in [0.717, 1.165) is 43.3 Å². The fourth-order valence-electron chi connectivity index (χ4n) is 2.54. The van der Waals surface area contributed by atoms with Crippen LogP contribution >= 0.6 is 11.8 Å². The lowest BCUT2D eigenvalue weighted by Crippen LogP contribution is -2.38. The summed E-state index contributed by atoms with van der Waals surface area (Å²) in [6.07, 6.45) is 6.51. The van der Waals surface area contributed by atoms with Gasteiger partial charge >= 0.3 is 0 Å². The Morgan fingerprint density at radius 3 is 2.95 bits per heavy atom. The van der Waals surface area contributed by atoms with Gasteiger partial charge in [0.15, 0.2) is 5.17 Å². The van der Waals surface area contributed by atoms with Crippen LogP contribution in [0.15, 0.2) is 4.99 Å². The molecular weight excluding hydrogens is 258 g/mol. The molecule has 5 heteroatoms. The monoisotopic (exact) mass is 283 g/mol. The summed E-state index contributed by atoms with van der Waals surface area (Å²) in [6.45, 7) is 4.72. The molecular formula is C14H25N3OS. The van der Waals surface area contributed by atoms with Gasteiger partial charge in [0.25, 0.3) is 0 Å². The number of hydrogen-bond acceptors (Lipinski definition) is 3. The third kappa shape index (κ3) is 4.71. The van der Waals surface area contributed by atoms with Gasteiger partial charge in [0.1, 0.15) is 0 Å². The highest BCUT2D eigenvalue weighted by molar-refractivity contribution is 8.13. The number of nitrogens with zero attached hydrogens (tertiary/aromatic N) is 2. The summed E-state index contributed by atoms with van der Waals surface area (Å²) < 4.78 is 0. The van der Waals surface area contributed by atoms with Gasteiger partial charge in [0.05, 0.1) is 6.54 Å². The highest BCUT2D eigenvalue weighted by Gasteiger charge is 2.17. The molecule has 0 bridgehead atoms. The molecule has 2 fully saturated rings. The largest absolute Gasteiger partial charge is 0.362 e. The van der Waals surface area contributed by atoms with Crippen LogP contribution in [0.2, 0.25) is 0 Å². The van der Waals surface area contributed by atoms with Crippen molar-refractivity contribution in [2.45, 2.75) is 51.5 Å². The van der Waals surface area contributed by atoms with Gasteiger partial charge in [-0.1, -0.05) is 18.7 Å². The number of carbonyl (C=O) groups is 1. The van der Waals surface area contributed by atoms with Crippen LogP contribution in [0.3, 0.4) is 0 Å². The Hall–Kier alpha value is -0.710. The van der Waals surface area contributed by atoms with E-state index in [4.69, 9.17) is 0 Å². The molecule has 1 amide bonds. The average Bonchev–Trinajstić information content (AvgIpc) is 2.48. The van der Waals surface area contributed by atoms with E-state index < -0.39 is 0 Å². The lowest BCUT2D eigenvalue weighted by atomic mass is 10.1. The van der Waals surface area contributed by atoms with E-state index in [1.807, 2.05) is 4.90 Å². The first-order chi connectivity index (χ1) is 9.29. The maximum Gasteiger partial charge on any atom is 0.224 e. The summed E-state index contributed by atoms with van der Waals surface area (Å²) in [4.78, 5) is 18.5. The first-order valence-electron chi connectivity index (χ1n) is 7.51. The topological polar surface area (TPSA) is 44.7 Å². The van der Waals surface area contributed by atoms with E-state index in [0.29, 0.717) is 19.0 Å². The smallest absolute Gasteiger partial charge is 0.224 e. The summed E-state index contributed by atoms with van der Waals surface area (Å²) >= 11 is 1.78. The van der Waals surface area contributed by atoms with Crippen LogP contribution in [0.4, 0.5) is 0 Å². The molecule has 19 heavy (non-hydrogen) atoms. The molecule has 0 spiro atoms. The molecule has 4 nitrogen and oxygen atoms in total. The van der Waals surface area contributed by atoms with E-state index in [1.165, 1.54) is 12.8 Å². The van der Waals surface area contributed by atoms with Gasteiger partial charge in [-0.3, -0.25) is 9.79 Å². The van der Waals surface area contributed by atoms with Crippen molar-refractivity contribution in [1.82, 2.24) is 10.2 Å². The number of nitrogens with one attached hydrogen (secondary N) is 1. The molecule has 1 unspecified atom stereocenters. The predicted octanol–water partition coefficient (Wildman–Crippen LogP) is 2.25. The maximum atomic E-state index is 12.0. The summed E-state index contributed by atoms with van der Waals surface area (Å²) in [5.74, 6) is 1.42. The molecule has 2 aliphatic heterocycles. The fraction of sp³-hybridized carbons (Fsp3) is 0.857. The average molecular weight is 283 g/mol. The third-order valence-corrected chi connectivity index (χ3v) is 4.78. The van der Waals surface area contributed by atoms with Crippen molar-refractivity contribution in [2.24, 2.45) is 4.99 Å². The SMILES string of the molecule is CCC1CCSC(=NCCC(=O)N2CCCCC2)N1. The molecule has 0 aromatic carbocycles. The van der Waals surface area contributed by atoms with Gasteiger partial charge in [-0.15, -0.1) is 0 Å². The molecule has 1 atom stereocenters. The molecule has 1 N–H and O–H groups in total. The number of rotatable bonds is 4. The second-order valence-electron chi connectivity index (χ2n) is 5.26. The fourth-order valence-corrected chi connectivity index (χ4v) is 3.57. The standard InChI is InChI=1S/C14H25N3OS/c1-2-12-7-11-19-14(16-12)15-8-6-13(18)17-9-4-3-5-10-17/h12H,2-11H2,1H3,(H,15,16). The van der Waals surface area contributed by atoms with Crippen LogP contribution in [0.25, 0.3) is 0 Å². The number of piperidine rings is 1. The van der Waals surface area contributed by atoms with Crippen molar-refractivity contribution in [2.75, 3.05) is 25.4 Å². The van der Waals surface area contributed by atoms with E-state index in [1.54, 1.807) is 11.8 Å². The number of carbonyl (C=O) groups excluding carboxylic acids is 1. The van der Waals surface area contributed by atoms with Crippen LogP contribution < -0.4 is 5.32 Å². The summed E-state index contributed by atoms with van der Waals surface area (Å²) in [5, 5.41) is 4.48. The van der Waals surface area contributed by atoms with E-state index in [9.17, 15) is 4.79 Å². The van der Waals surface area contributed by atoms with Gasteiger partial charge < -0.3 is 10.2 Å². The predicted molar refractivity (Wildman–Crippen MR) is 81.6 cm³/mol. The molecule has 2 saturated heterocycles. The molecule has 2 rings (SSSR count). The number of thioether (sulfide) groups is 1. The normalized spacial score (nSPS) is 26.3. The molecule has 0 saturated carbocycles. The van der Waals surface area contributed by atoms with Gasteiger partial charge in [0.2, 0.25) is 5.91 Å². The summed E-state index contributed by atoms with van der Waals surface area (Å²) in [5.41, 5.74) is 0. The zero-order valence-electron chi connectivity index (χ0n) is 11.9. The summed E-state index contributed by atoms with van der Waals surface area (Å²) in [7, 11) is 0. The van der Waals surface area contributed by atoms with Gasteiger partial charge in [-0.25, -0.2) is 0 Å². The number of aliphatic imine (C=N–C) groups is 1. The second-order valence-corrected chi connectivity index (χ2v) is 6.35. The van der Waals surface area contributed by atoms with Gasteiger partial charge in [-0.05, 0) is 32.1 Å². The van der Waals surface area contributed by atoms with Crippen molar-refractivity contribution in [3.63, 3.8) is 0 Å². The Kier molecular flexibility index (Phi) is 6.01. The van der Waals surface area contributed by atoms with Crippen molar-refractivity contribution in [3.8, 4) is 0 Å². The highest BCUT2D eigenvalue weighted by Crippen LogP contribution is 2.16. The van der Waals surface area contributed by atoms with Crippen LogP contribution in [0.5, 0.6) is 0 Å². The minimum atomic E-state index is 0.275. The molecule has 0 aromatic rings. The maximum absolute atomic E-state index is 12.0. The van der Waals surface area contributed by atoms with Crippen molar-refractivity contribution in [3.05, 3.63) is 0 Å². The number of hydrogen-bond donors (Lipinski definition) is 1. The summed E-state index contributed by atoms with van der Waals surface area (Å²) in [6, 6.07) is 0.567. The van der Waals surface area contributed by atoms with Crippen LogP contribution in [-0.4, -0.2) is 47.4 Å². The van der Waals surface area contributed by atoms with E-state index >= 15 is 0 Å². The molecule has 108 valence electrons. The number of likely N-dealkylation sites (tertiary alicyclic amines) is 1. The Balaban J connectivity index is 1.71. The second kappa shape index (κ2) is 7.78. The third-order valence-electron chi connectivity index (χ3n) is 3.82. The first kappa shape index (κ1) is 14.7. The molecule has 2 aliphatic rings. The van der Waals surface area contributed by atoms with Crippen LogP contribution in [0, 0.1) is 0 Å². The van der Waals surface area contributed by atoms with Crippen LogP contribution in [-0.2, 0) is 4.79 Å². The molecule has 2 heterocycles. The first-order valence-corrected chi connectivity index (χ1v) is 8.49. The molecule has 0 radical (unpaired) electrons. The van der Waals surface area contributed by atoms with Crippen molar-refractivity contribution >= 4 is 22.8 Å². The van der Waals surface area contributed by atoms with E-state index in [-0.39, 0.29) is 5.91 Å². The van der Waals surface area contributed by atoms with Gasteiger partial charge in [0, 0.05) is 31.3 Å². The quantitative estimate of drug-likeness (QED) is 0.860. The van der Waals surface area contributed by atoms with Gasteiger partial charge in [-0.2, -0.15) is 0 Å². The molecule has 0 aliphatic carbocycles. The Labute approximate surface area is 120 Å². The zero-order valence-corrected chi connectivity index (χ0v) is 12.7. The lowest BCUT2D eigenvalue weighted by molar-refractivity contribution is -0.131. The van der Waals surface area contributed by atoms with Crippen molar-refractivity contribution in [1.29, 1.82) is 0 Å². The zero-order chi connectivity index (χ0) is 13.5. The Morgan fingerprint density at radius 1 is 1.42 bits per heavy atom. The van der Waals surface area contributed by atoms with Crippen molar-refractivity contribution < 1.29 is 4.79 Å². The molecule has 0 aromatic heterocycles. The minimum absolute atomic E-state index is 0.275. The Bertz CT molecular complexity index is 327. The minimum Gasteiger partial charge on any atom is -0.362 e. The van der Waals surface area contributed by atoms with E-state index in [2.05, 4.69) is 17.2 Å². The Morgan fingerprint density at radius 2 is 2.21 bits per heavy atom. The lowest BCUT2D eigenvalue weighted by Gasteiger charge is -2.27. The highest BCUT2D eigenvalue weighted by atomic mass is 32.2. The van der Waals surface area contributed by atoms with Crippen LogP contribution in [0.1, 0.15) is 45.4 Å². The number of amides is 1.